The van der Waals surface area contributed by atoms with Gasteiger partial charge in [-0.3, -0.25) is 9.78 Å². The van der Waals surface area contributed by atoms with E-state index in [0.717, 1.165) is 25.0 Å². The predicted molar refractivity (Wildman–Crippen MR) is 102 cm³/mol. The average Bonchev–Trinajstić information content (AvgIpc) is 3.10. The molecule has 31 heavy (non-hydrogen) atoms. The Morgan fingerprint density at radius 3 is 2.74 bits per heavy atom. The second kappa shape index (κ2) is 11.4. The Morgan fingerprint density at radius 2 is 2.13 bits per heavy atom. The minimum atomic E-state index is -5.08. The molecule has 2 aliphatic rings. The van der Waals surface area contributed by atoms with E-state index in [4.69, 9.17) is 24.1 Å². The predicted octanol–water partition coefficient (Wildman–Crippen LogP) is 2.28. The highest BCUT2D eigenvalue weighted by Crippen LogP contribution is 2.41. The lowest BCUT2D eigenvalue weighted by Gasteiger charge is -2.44. The van der Waals surface area contributed by atoms with Crippen molar-refractivity contribution in [2.45, 2.75) is 37.6 Å². The fourth-order valence-electron chi connectivity index (χ4n) is 3.77. The quantitative estimate of drug-likeness (QED) is 0.713. The number of amides is 1. The summed E-state index contributed by atoms with van der Waals surface area (Å²) in [5.41, 5.74) is 0.678. The van der Waals surface area contributed by atoms with Crippen molar-refractivity contribution in [3.05, 3.63) is 30.1 Å². The fourth-order valence-corrected chi connectivity index (χ4v) is 3.77. The van der Waals surface area contributed by atoms with E-state index in [0.29, 0.717) is 38.8 Å². The van der Waals surface area contributed by atoms with Crippen LogP contribution in [0.25, 0.3) is 0 Å². The third-order valence-electron chi connectivity index (χ3n) is 5.26. The molecule has 174 valence electrons. The van der Waals surface area contributed by atoms with Gasteiger partial charge in [0.25, 0.3) is 0 Å². The summed E-state index contributed by atoms with van der Waals surface area (Å²) in [6.45, 7) is 3.17. The van der Waals surface area contributed by atoms with Crippen molar-refractivity contribution < 1.29 is 42.1 Å². The number of alkyl halides is 3. The lowest BCUT2D eigenvalue weighted by molar-refractivity contribution is -0.192. The van der Waals surface area contributed by atoms with Crippen LogP contribution in [0.15, 0.2) is 24.4 Å². The molecule has 1 spiro atoms. The van der Waals surface area contributed by atoms with Crippen molar-refractivity contribution in [2.24, 2.45) is 5.92 Å². The summed E-state index contributed by atoms with van der Waals surface area (Å²) in [5, 5.41) is 7.12. The monoisotopic (exact) mass is 448 g/mol. The Bertz CT molecular complexity index is 719. The van der Waals surface area contributed by atoms with Gasteiger partial charge in [0, 0.05) is 25.8 Å². The number of hydrogen-bond donors (Lipinski definition) is 1. The molecule has 2 heterocycles. The third kappa shape index (κ3) is 7.44. The second-order valence-corrected chi connectivity index (χ2v) is 7.39. The maximum atomic E-state index is 12.1. The van der Waals surface area contributed by atoms with Crippen LogP contribution in [0.2, 0.25) is 0 Å². The summed E-state index contributed by atoms with van der Waals surface area (Å²) in [4.78, 5) is 27.2. The number of pyridine rings is 1. The van der Waals surface area contributed by atoms with Crippen molar-refractivity contribution in [1.82, 2.24) is 9.88 Å². The average molecular weight is 448 g/mol. The maximum Gasteiger partial charge on any atom is 0.490 e. The Labute approximate surface area is 178 Å². The lowest BCUT2D eigenvalue weighted by Crippen LogP contribution is -2.56. The van der Waals surface area contributed by atoms with E-state index in [1.165, 1.54) is 0 Å². The number of carbonyl (C=O) groups excluding carboxylic acids is 1. The molecule has 8 nitrogen and oxygen atoms in total. The molecule has 0 radical (unpaired) electrons. The minimum absolute atomic E-state index is 0.0419. The van der Waals surface area contributed by atoms with Crippen LogP contribution in [-0.4, -0.2) is 78.7 Å². The molecule has 1 saturated carbocycles. The van der Waals surface area contributed by atoms with Crippen LogP contribution >= 0.6 is 0 Å². The van der Waals surface area contributed by atoms with Crippen molar-refractivity contribution in [3.8, 4) is 0 Å². The number of aliphatic carboxylic acids is 1. The number of aromatic nitrogens is 1. The van der Waals surface area contributed by atoms with Crippen LogP contribution in [0, 0.1) is 5.92 Å². The van der Waals surface area contributed by atoms with Gasteiger partial charge in [0.2, 0.25) is 5.91 Å². The third-order valence-corrected chi connectivity index (χ3v) is 5.26. The highest BCUT2D eigenvalue weighted by Gasteiger charge is 2.47. The molecule has 1 saturated heterocycles. The summed E-state index contributed by atoms with van der Waals surface area (Å²) in [5.74, 6) is -2.40. The minimum Gasteiger partial charge on any atom is -0.475 e. The molecule has 1 aromatic rings. The van der Waals surface area contributed by atoms with E-state index in [1.807, 2.05) is 23.1 Å². The molecule has 0 aromatic carbocycles. The zero-order chi connectivity index (χ0) is 22.9. The first-order valence-electron chi connectivity index (χ1n) is 9.86. The first-order valence-corrected chi connectivity index (χ1v) is 9.86. The molecule has 0 bridgehead atoms. The van der Waals surface area contributed by atoms with Crippen LogP contribution in [0.5, 0.6) is 0 Å². The molecule has 11 heteroatoms. The van der Waals surface area contributed by atoms with Gasteiger partial charge in [-0.25, -0.2) is 4.79 Å². The highest BCUT2D eigenvalue weighted by molar-refractivity contribution is 5.77. The molecule has 1 aliphatic heterocycles. The first kappa shape index (κ1) is 25.0. The van der Waals surface area contributed by atoms with Gasteiger partial charge in [-0.15, -0.1) is 0 Å². The van der Waals surface area contributed by atoms with E-state index in [1.54, 1.807) is 13.3 Å². The molecule has 1 aliphatic carbocycles. The summed E-state index contributed by atoms with van der Waals surface area (Å²) in [6, 6.07) is 5.83. The van der Waals surface area contributed by atoms with E-state index < -0.39 is 12.1 Å². The van der Waals surface area contributed by atoms with Gasteiger partial charge < -0.3 is 24.2 Å². The van der Waals surface area contributed by atoms with Gasteiger partial charge in [-0.05, 0) is 25.0 Å². The van der Waals surface area contributed by atoms with E-state index in [9.17, 15) is 18.0 Å². The Kier molecular flexibility index (Phi) is 9.20. The smallest absolute Gasteiger partial charge is 0.475 e. The maximum absolute atomic E-state index is 12.1. The lowest BCUT2D eigenvalue weighted by atomic mass is 9.89. The van der Waals surface area contributed by atoms with Gasteiger partial charge in [-0.2, -0.15) is 13.2 Å². The standard InChI is InChI=1S/C18H26N2O4.C2HF3O2/c1-22-13-17(21)20-9-10-24-18(14-20)7-4-5-15(18)11-23-12-16-6-2-3-8-19-16;3-2(4,5)1(6)7/h2-3,6,8,15H,4-5,7,9-14H2,1H3;(H,6,7)/t15-,18+;/m0./s1. The van der Waals surface area contributed by atoms with Crippen molar-refractivity contribution in [2.75, 3.05) is 40.0 Å². The van der Waals surface area contributed by atoms with Gasteiger partial charge in [0.1, 0.15) is 6.61 Å². The molecule has 2 atom stereocenters. The molecule has 1 N–H and O–H groups in total. The van der Waals surface area contributed by atoms with Gasteiger partial charge in [0.15, 0.2) is 0 Å². The van der Waals surface area contributed by atoms with E-state index in [-0.39, 0.29) is 18.1 Å². The van der Waals surface area contributed by atoms with Crippen LogP contribution in [0.3, 0.4) is 0 Å². The van der Waals surface area contributed by atoms with Gasteiger partial charge in [0.05, 0.1) is 37.7 Å². The van der Waals surface area contributed by atoms with Crippen LogP contribution < -0.4 is 0 Å². The summed E-state index contributed by atoms with van der Waals surface area (Å²) < 4.78 is 48.8. The van der Waals surface area contributed by atoms with E-state index >= 15 is 0 Å². The van der Waals surface area contributed by atoms with Gasteiger partial charge >= 0.3 is 12.1 Å². The summed E-state index contributed by atoms with van der Waals surface area (Å²) in [7, 11) is 1.55. The Hall–Kier alpha value is -2.24. The number of hydrogen-bond acceptors (Lipinski definition) is 6. The number of carbonyl (C=O) groups is 2. The molecule has 1 aromatic heterocycles. The number of carboxylic acids is 1. The number of carboxylic acid groups (broad SMARTS) is 1. The molecule has 3 rings (SSSR count). The zero-order valence-corrected chi connectivity index (χ0v) is 17.3. The zero-order valence-electron chi connectivity index (χ0n) is 17.3. The second-order valence-electron chi connectivity index (χ2n) is 7.39. The topological polar surface area (TPSA) is 98.2 Å². The van der Waals surface area contributed by atoms with Crippen molar-refractivity contribution in [1.29, 1.82) is 0 Å². The number of ether oxygens (including phenoxy) is 3. The molecule has 0 unspecified atom stereocenters. The van der Waals surface area contributed by atoms with E-state index in [2.05, 4.69) is 4.98 Å². The number of halogens is 3. The van der Waals surface area contributed by atoms with Crippen LogP contribution in [-0.2, 0) is 30.4 Å². The molecule has 1 amide bonds. The van der Waals surface area contributed by atoms with Crippen molar-refractivity contribution >= 4 is 11.9 Å². The summed E-state index contributed by atoms with van der Waals surface area (Å²) >= 11 is 0. The van der Waals surface area contributed by atoms with Crippen molar-refractivity contribution in [3.63, 3.8) is 0 Å². The Morgan fingerprint density at radius 1 is 1.39 bits per heavy atom. The number of morpholine rings is 1. The molecular weight excluding hydrogens is 421 g/mol. The van der Waals surface area contributed by atoms with Crippen LogP contribution in [0.1, 0.15) is 25.0 Å². The van der Waals surface area contributed by atoms with Gasteiger partial charge in [-0.1, -0.05) is 12.5 Å². The largest absolute Gasteiger partial charge is 0.490 e. The number of methoxy groups -OCH3 is 1. The highest BCUT2D eigenvalue weighted by atomic mass is 19.4. The normalized spacial score (nSPS) is 23.4. The summed E-state index contributed by atoms with van der Waals surface area (Å²) in [6.07, 6.45) is -0.126. The number of rotatable bonds is 6. The Balaban J connectivity index is 0.000000423. The molecular formula is C20H27F3N2O6. The number of nitrogens with zero attached hydrogens (tertiary/aromatic N) is 2. The first-order chi connectivity index (χ1) is 14.7. The fraction of sp³-hybridized carbons (Fsp3) is 0.650. The van der Waals surface area contributed by atoms with Crippen LogP contribution in [0.4, 0.5) is 13.2 Å². The molecule has 2 fully saturated rings. The SMILES string of the molecule is COCC(=O)N1CCO[C@]2(CCC[C@H]2COCc2ccccn2)C1.O=C(O)C(F)(F)F.